The van der Waals surface area contributed by atoms with E-state index in [1.54, 1.807) is 7.11 Å². The summed E-state index contributed by atoms with van der Waals surface area (Å²) in [6.45, 7) is 18.8. The van der Waals surface area contributed by atoms with Crippen LogP contribution in [0.15, 0.2) is 96.6 Å². The van der Waals surface area contributed by atoms with Gasteiger partial charge in [0.25, 0.3) is 8.32 Å². The fraction of sp³-hybridized carbons (Fsp3) is 0.529. The van der Waals surface area contributed by atoms with Crippen molar-refractivity contribution in [2.24, 2.45) is 5.41 Å². The lowest BCUT2D eigenvalue weighted by Crippen LogP contribution is -2.68. The maximum absolute atomic E-state index is 15.0. The van der Waals surface area contributed by atoms with Crippen molar-refractivity contribution in [3.8, 4) is 17.6 Å². The summed E-state index contributed by atoms with van der Waals surface area (Å²) < 4.78 is 46.6. The quantitative estimate of drug-likeness (QED) is 0.0793. The largest absolute Gasteiger partial charge is 0.497 e. The van der Waals surface area contributed by atoms with Gasteiger partial charge in [-0.2, -0.15) is 0 Å². The van der Waals surface area contributed by atoms with Crippen LogP contribution in [0.1, 0.15) is 93.6 Å². The summed E-state index contributed by atoms with van der Waals surface area (Å²) >= 11 is 0. The average molecular weight is 881 g/mol. The molecule has 4 atom stereocenters. The van der Waals surface area contributed by atoms with E-state index >= 15 is 0 Å². The van der Waals surface area contributed by atoms with Gasteiger partial charge in [0.1, 0.15) is 24.6 Å². The Morgan fingerprint density at radius 1 is 0.839 bits per heavy atom. The zero-order chi connectivity index (χ0) is 44.8. The van der Waals surface area contributed by atoms with E-state index in [1.165, 1.54) is 0 Å². The van der Waals surface area contributed by atoms with Crippen molar-refractivity contribution in [1.29, 1.82) is 0 Å². The average Bonchev–Trinajstić information content (AvgIpc) is 4.00. The van der Waals surface area contributed by atoms with E-state index in [0.29, 0.717) is 0 Å². The first-order valence-electron chi connectivity index (χ1n) is 22.5. The molecule has 1 spiro atoms. The van der Waals surface area contributed by atoms with Crippen LogP contribution in [0, 0.1) is 17.3 Å². The molecule has 2 aliphatic carbocycles. The second-order valence-electron chi connectivity index (χ2n) is 19.1. The third-order valence-corrected chi connectivity index (χ3v) is 22.7. The van der Waals surface area contributed by atoms with Crippen LogP contribution >= 0.6 is 0 Å². The van der Waals surface area contributed by atoms with Crippen LogP contribution in [-0.4, -0.2) is 78.4 Å². The zero-order valence-electron chi connectivity index (χ0n) is 38.6. The van der Waals surface area contributed by atoms with Crippen LogP contribution in [0.3, 0.4) is 0 Å². The number of Topliss-reactive ketones (excluding diaryl/α,β-unsaturated/α-hetero) is 1. The van der Waals surface area contributed by atoms with E-state index < -0.39 is 51.7 Å². The summed E-state index contributed by atoms with van der Waals surface area (Å²) in [4.78, 5) is 28.5. The van der Waals surface area contributed by atoms with Gasteiger partial charge in [-0.05, 0) is 90.9 Å². The smallest absolute Gasteiger partial charge is 0.311 e. The Hall–Kier alpha value is -3.87. The van der Waals surface area contributed by atoms with Gasteiger partial charge < -0.3 is 32.5 Å². The first-order valence-corrected chi connectivity index (χ1v) is 26.9. The molecule has 1 aliphatic heterocycles. The van der Waals surface area contributed by atoms with E-state index in [2.05, 4.69) is 77.6 Å². The number of methoxy groups -OCH3 is 1. The lowest BCUT2D eigenvalue weighted by atomic mass is 9.95. The monoisotopic (exact) mass is 880 g/mol. The van der Waals surface area contributed by atoms with Crippen molar-refractivity contribution >= 4 is 38.8 Å². The van der Waals surface area contributed by atoms with Gasteiger partial charge in [-0.3, -0.25) is 9.59 Å². The molecule has 1 heterocycles. The molecule has 0 aromatic heterocycles. The molecule has 6 rings (SSSR count). The second-order valence-corrected chi connectivity index (χ2v) is 28.1. The molecule has 0 unspecified atom stereocenters. The molecule has 2 fully saturated rings. The van der Waals surface area contributed by atoms with Crippen LogP contribution < -0.4 is 15.1 Å². The summed E-state index contributed by atoms with van der Waals surface area (Å²) in [7, 11) is -4.03. The van der Waals surface area contributed by atoms with Crippen LogP contribution in [0.4, 0.5) is 0 Å². The van der Waals surface area contributed by atoms with Gasteiger partial charge in [0, 0.05) is 12.8 Å². The highest BCUT2D eigenvalue weighted by Crippen LogP contribution is 2.44. The molecule has 334 valence electrons. The molecule has 3 aromatic carbocycles. The fourth-order valence-electron chi connectivity index (χ4n) is 9.02. The van der Waals surface area contributed by atoms with Crippen LogP contribution in [0.25, 0.3) is 0 Å². The molecule has 1 saturated heterocycles. The molecule has 11 heteroatoms. The number of esters is 1. The van der Waals surface area contributed by atoms with E-state index in [-0.39, 0.29) is 42.2 Å². The van der Waals surface area contributed by atoms with Crippen molar-refractivity contribution in [3.05, 3.63) is 102 Å². The fourth-order valence-corrected chi connectivity index (χ4v) is 16.6. The number of rotatable bonds is 16. The van der Waals surface area contributed by atoms with E-state index in [9.17, 15) is 9.59 Å². The van der Waals surface area contributed by atoms with Crippen LogP contribution in [-0.2, 0) is 44.0 Å². The highest BCUT2D eigenvalue weighted by atomic mass is 28.4. The molecule has 9 nitrogen and oxygen atoms in total. The molecule has 0 amide bonds. The zero-order valence-corrected chi connectivity index (χ0v) is 40.6. The minimum absolute atomic E-state index is 0.165. The number of hydrogen-bond donors (Lipinski definition) is 0. The van der Waals surface area contributed by atoms with Gasteiger partial charge in [-0.25, -0.2) is 0 Å². The Morgan fingerprint density at radius 2 is 1.42 bits per heavy atom. The van der Waals surface area contributed by atoms with Gasteiger partial charge in [-0.1, -0.05) is 126 Å². The molecule has 0 radical (unpaired) electrons. The predicted octanol–water partition coefficient (Wildman–Crippen LogP) is 9.07. The molecule has 62 heavy (non-hydrogen) atoms. The van der Waals surface area contributed by atoms with Crippen molar-refractivity contribution in [1.82, 2.24) is 0 Å². The van der Waals surface area contributed by atoms with Crippen molar-refractivity contribution in [3.63, 3.8) is 0 Å². The first-order chi connectivity index (χ1) is 29.5. The van der Waals surface area contributed by atoms with Gasteiger partial charge >= 0.3 is 5.97 Å². The van der Waals surface area contributed by atoms with Gasteiger partial charge in [0.2, 0.25) is 5.78 Å². The Balaban J connectivity index is 1.50. The maximum Gasteiger partial charge on any atom is 0.311 e. The lowest BCUT2D eigenvalue weighted by Gasteiger charge is -2.45. The lowest BCUT2D eigenvalue weighted by molar-refractivity contribution is -0.186. The maximum atomic E-state index is 15.0. The minimum atomic E-state index is -3.18. The van der Waals surface area contributed by atoms with Crippen molar-refractivity contribution in [2.75, 3.05) is 20.3 Å². The number of ketones is 1. The van der Waals surface area contributed by atoms with Gasteiger partial charge in [0.05, 0.1) is 37.4 Å². The molecule has 3 aliphatic rings. The Kier molecular flexibility index (Phi) is 15.0. The highest BCUT2D eigenvalue weighted by Gasteiger charge is 2.57. The Morgan fingerprint density at radius 3 is 1.94 bits per heavy atom. The molecular formula is C51H68O9Si2. The normalized spacial score (nSPS) is 21.3. The van der Waals surface area contributed by atoms with Crippen molar-refractivity contribution in [2.45, 2.75) is 147 Å². The van der Waals surface area contributed by atoms with E-state index in [4.69, 9.17) is 32.5 Å². The Labute approximate surface area is 372 Å². The van der Waals surface area contributed by atoms with Gasteiger partial charge in [0.15, 0.2) is 19.7 Å². The number of ether oxygens (including phenoxy) is 5. The molecule has 0 N–H and O–H groups in total. The second kappa shape index (κ2) is 19.5. The molecular weight excluding hydrogens is 813 g/mol. The third kappa shape index (κ3) is 10.1. The SMILES string of the molecule is CC[Si](CC)(CC)O[C@@](C#CC1=C[C@@H](O[Si](c2ccccc2)(c2ccccc2)C(C)(C)C)[C@H](OCc2ccc(OC)cc2)C1=O)(COC(=O)C(C)(C)C)[C@H]1COC2(CCCC2)O1. The first kappa shape index (κ1) is 47.6. The van der Waals surface area contributed by atoms with E-state index in [1.807, 2.05) is 87.5 Å². The summed E-state index contributed by atoms with van der Waals surface area (Å²) in [5.74, 6) is 6.15. The molecule has 3 aromatic rings. The van der Waals surface area contributed by atoms with E-state index in [0.717, 1.165) is 65.5 Å². The highest BCUT2D eigenvalue weighted by molar-refractivity contribution is 6.99. The van der Waals surface area contributed by atoms with Crippen LogP contribution in [0.2, 0.25) is 23.2 Å². The number of hydrogen-bond acceptors (Lipinski definition) is 9. The number of carbonyl (C=O) groups excluding carboxylic acids is 2. The summed E-state index contributed by atoms with van der Waals surface area (Å²) in [6.07, 6.45) is 2.92. The molecule has 1 saturated carbocycles. The summed E-state index contributed by atoms with van der Waals surface area (Å²) in [5.41, 5.74) is -1.04. The standard InChI is InChI=1S/C51H68O9Si2/c1-11-61(12-2,13-3)60-50(37-56-47(53)48(4,5)6,44-36-57-51(58-44)31-20-21-32-51)33-30-39-34-43(46(45(39)52)55-35-38-26-28-40(54-10)29-27-38)59-62(49(7,8)9,41-22-16-14-17-23-41)42-24-18-15-19-25-42/h14-19,22-29,34,43-44,46H,11-13,20-21,31-32,35-37H2,1-10H3/t43-,44-,46+,50+/m1/s1. The minimum Gasteiger partial charge on any atom is -0.497 e. The third-order valence-electron chi connectivity index (χ3n) is 13.0. The summed E-state index contributed by atoms with van der Waals surface area (Å²) in [5, 5.41) is 1.80. The topological polar surface area (TPSA) is 98.8 Å². The number of carbonyl (C=O) groups is 2. The Bertz CT molecular complexity index is 2020. The predicted molar refractivity (Wildman–Crippen MR) is 248 cm³/mol. The summed E-state index contributed by atoms with van der Waals surface area (Å²) in [6, 6.07) is 30.8. The number of benzene rings is 3. The van der Waals surface area contributed by atoms with Crippen LogP contribution in [0.5, 0.6) is 5.75 Å². The molecule has 0 bridgehead atoms. The van der Waals surface area contributed by atoms with Crippen molar-refractivity contribution < 1.29 is 42.1 Å². The van der Waals surface area contributed by atoms with Gasteiger partial charge in [-0.15, -0.1) is 0 Å².